The van der Waals surface area contributed by atoms with Crippen LogP contribution in [0.5, 0.6) is 0 Å². The third kappa shape index (κ3) is 4.35. The highest BCUT2D eigenvalue weighted by atomic mass is 35.5. The lowest BCUT2D eigenvalue weighted by Crippen LogP contribution is -2.41. The summed E-state index contributed by atoms with van der Waals surface area (Å²) in [4.78, 5) is 16.5. The van der Waals surface area contributed by atoms with Crippen LogP contribution in [0.2, 0.25) is 0 Å². The fourth-order valence-corrected chi connectivity index (χ4v) is 2.38. The van der Waals surface area contributed by atoms with E-state index < -0.39 is 6.04 Å². The van der Waals surface area contributed by atoms with Crippen molar-refractivity contribution in [1.29, 1.82) is 0 Å². The molecule has 3 N–H and O–H groups in total. The van der Waals surface area contributed by atoms with Gasteiger partial charge in [0.2, 0.25) is 5.91 Å². The minimum absolute atomic E-state index is 0. The molecule has 0 aliphatic carbocycles. The Labute approximate surface area is 143 Å². The van der Waals surface area contributed by atoms with Crippen LogP contribution in [0.1, 0.15) is 38.6 Å². The largest absolute Gasteiger partial charge is 0.345 e. The summed E-state index contributed by atoms with van der Waals surface area (Å²) in [7, 11) is 1.96. The molecule has 0 saturated heterocycles. The smallest absolute Gasteiger partial charge is 0.237 e. The molecule has 0 saturated carbocycles. The van der Waals surface area contributed by atoms with E-state index in [0.717, 1.165) is 23.3 Å². The molecule has 0 fully saturated rings. The van der Waals surface area contributed by atoms with Gasteiger partial charge in [-0.3, -0.25) is 4.79 Å². The van der Waals surface area contributed by atoms with Crippen molar-refractivity contribution in [3.8, 4) is 0 Å². The third-order valence-electron chi connectivity index (χ3n) is 3.50. The fraction of sp³-hybridized carbons (Fsp3) is 0.467. The number of nitrogens with one attached hydrogen (secondary N) is 1. The van der Waals surface area contributed by atoms with Crippen molar-refractivity contribution in [1.82, 2.24) is 14.9 Å². The minimum Gasteiger partial charge on any atom is -0.345 e. The Hall–Kier alpha value is -1.30. The lowest BCUT2D eigenvalue weighted by Gasteiger charge is -2.17. The molecule has 1 amide bonds. The number of nitrogens with zero attached hydrogens (tertiary/aromatic N) is 2. The Morgan fingerprint density at radius 3 is 2.59 bits per heavy atom. The molecule has 2 unspecified atom stereocenters. The van der Waals surface area contributed by atoms with Gasteiger partial charge in [0.25, 0.3) is 0 Å². The van der Waals surface area contributed by atoms with Crippen molar-refractivity contribution >= 4 is 41.8 Å². The molecule has 22 heavy (non-hydrogen) atoms. The van der Waals surface area contributed by atoms with E-state index in [9.17, 15) is 4.79 Å². The number of carbonyl (C=O) groups excluding carboxylic acids is 1. The van der Waals surface area contributed by atoms with Gasteiger partial charge in [-0.1, -0.05) is 25.5 Å². The van der Waals surface area contributed by atoms with Crippen molar-refractivity contribution < 1.29 is 4.79 Å². The first-order chi connectivity index (χ1) is 9.54. The predicted molar refractivity (Wildman–Crippen MR) is 94.7 cm³/mol. The van der Waals surface area contributed by atoms with E-state index in [1.165, 1.54) is 0 Å². The first-order valence-corrected chi connectivity index (χ1v) is 7.02. The van der Waals surface area contributed by atoms with Gasteiger partial charge in [-0.25, -0.2) is 4.98 Å². The summed E-state index contributed by atoms with van der Waals surface area (Å²) in [5, 5.41) is 2.94. The molecule has 2 atom stereocenters. The monoisotopic (exact) mass is 346 g/mol. The summed E-state index contributed by atoms with van der Waals surface area (Å²) in [5.74, 6) is 0.717. The summed E-state index contributed by atoms with van der Waals surface area (Å²) in [6.07, 6.45) is 1.59. The number of amides is 1. The maximum absolute atomic E-state index is 12.0. The molecular weight excluding hydrogens is 323 g/mol. The van der Waals surface area contributed by atoms with Crippen LogP contribution in [0, 0.1) is 0 Å². The SMILES string of the molecule is CCCC(N)C(=O)NC(C)c1nc2ccccc2n1C.Cl.Cl. The Balaban J connectivity index is 0.00000220. The number of fused-ring (bicyclic) bond motifs is 1. The molecular formula is C15H24Cl2N4O. The van der Waals surface area contributed by atoms with Crippen LogP contribution >= 0.6 is 24.8 Å². The second-order valence-electron chi connectivity index (χ2n) is 5.14. The predicted octanol–water partition coefficient (Wildman–Crippen LogP) is 2.72. The van der Waals surface area contributed by atoms with E-state index in [1.807, 2.05) is 49.7 Å². The zero-order valence-corrected chi connectivity index (χ0v) is 14.7. The molecule has 0 spiro atoms. The van der Waals surface area contributed by atoms with Crippen LogP contribution in [0.3, 0.4) is 0 Å². The minimum atomic E-state index is -0.447. The van der Waals surface area contributed by atoms with Gasteiger partial charge >= 0.3 is 0 Å². The van der Waals surface area contributed by atoms with Gasteiger partial charge in [0.15, 0.2) is 0 Å². The topological polar surface area (TPSA) is 72.9 Å². The van der Waals surface area contributed by atoms with Crippen molar-refractivity contribution in [2.45, 2.75) is 38.8 Å². The molecule has 1 aromatic carbocycles. The number of aromatic nitrogens is 2. The summed E-state index contributed by atoms with van der Waals surface area (Å²) >= 11 is 0. The Bertz CT molecular complexity index is 615. The molecule has 2 rings (SSSR count). The van der Waals surface area contributed by atoms with Gasteiger partial charge in [0.05, 0.1) is 23.1 Å². The summed E-state index contributed by atoms with van der Waals surface area (Å²) in [6.45, 7) is 3.94. The quantitative estimate of drug-likeness (QED) is 0.873. The lowest BCUT2D eigenvalue weighted by molar-refractivity contribution is -0.123. The van der Waals surface area contributed by atoms with E-state index in [2.05, 4.69) is 10.3 Å². The maximum Gasteiger partial charge on any atom is 0.237 e. The van der Waals surface area contributed by atoms with Crippen molar-refractivity contribution in [2.75, 3.05) is 0 Å². The van der Waals surface area contributed by atoms with Gasteiger partial charge < -0.3 is 15.6 Å². The number of benzene rings is 1. The first kappa shape index (κ1) is 20.7. The van der Waals surface area contributed by atoms with E-state index >= 15 is 0 Å². The lowest BCUT2D eigenvalue weighted by atomic mass is 10.1. The molecule has 0 bridgehead atoms. The van der Waals surface area contributed by atoms with Crippen LogP contribution < -0.4 is 11.1 Å². The van der Waals surface area contributed by atoms with Gasteiger partial charge in [0, 0.05) is 7.05 Å². The molecule has 7 heteroatoms. The summed E-state index contributed by atoms with van der Waals surface area (Å²) < 4.78 is 2.01. The molecule has 124 valence electrons. The third-order valence-corrected chi connectivity index (χ3v) is 3.50. The number of halogens is 2. The van der Waals surface area contributed by atoms with E-state index in [1.54, 1.807) is 0 Å². The van der Waals surface area contributed by atoms with Crippen LogP contribution in [0.4, 0.5) is 0 Å². The zero-order chi connectivity index (χ0) is 14.7. The van der Waals surface area contributed by atoms with E-state index in [4.69, 9.17) is 5.73 Å². The van der Waals surface area contributed by atoms with E-state index in [0.29, 0.717) is 6.42 Å². The summed E-state index contributed by atoms with van der Waals surface area (Å²) in [5.41, 5.74) is 7.82. The van der Waals surface area contributed by atoms with Crippen molar-refractivity contribution in [3.63, 3.8) is 0 Å². The van der Waals surface area contributed by atoms with Crippen molar-refractivity contribution in [2.24, 2.45) is 12.8 Å². The normalized spacial score (nSPS) is 12.9. The molecule has 2 aromatic rings. The average molecular weight is 347 g/mol. The van der Waals surface area contributed by atoms with Crippen LogP contribution in [-0.4, -0.2) is 21.5 Å². The number of imidazole rings is 1. The Kier molecular flexibility index (Phi) is 8.45. The molecule has 0 aliphatic heterocycles. The van der Waals surface area contributed by atoms with E-state index in [-0.39, 0.29) is 36.8 Å². The summed E-state index contributed by atoms with van der Waals surface area (Å²) in [6, 6.07) is 7.31. The standard InChI is InChI=1S/C15H22N4O.2ClH/c1-4-7-11(16)15(20)17-10(2)14-18-12-8-5-6-9-13(12)19(14)3;;/h5-6,8-11H,4,7,16H2,1-3H3,(H,17,20);2*1H. The number of nitrogens with two attached hydrogens (primary N) is 1. The highest BCUT2D eigenvalue weighted by molar-refractivity contribution is 5.85. The molecule has 1 aromatic heterocycles. The van der Waals surface area contributed by atoms with Gasteiger partial charge in [-0.15, -0.1) is 24.8 Å². The van der Waals surface area contributed by atoms with Crippen LogP contribution in [-0.2, 0) is 11.8 Å². The van der Waals surface area contributed by atoms with Crippen molar-refractivity contribution in [3.05, 3.63) is 30.1 Å². The number of aryl methyl sites for hydroxylation is 1. The Morgan fingerprint density at radius 1 is 1.36 bits per heavy atom. The number of para-hydroxylation sites is 2. The average Bonchev–Trinajstić information content (AvgIpc) is 2.77. The highest BCUT2D eigenvalue weighted by Gasteiger charge is 2.19. The second-order valence-corrected chi connectivity index (χ2v) is 5.14. The highest BCUT2D eigenvalue weighted by Crippen LogP contribution is 2.19. The number of hydrogen-bond acceptors (Lipinski definition) is 3. The number of carbonyl (C=O) groups is 1. The van der Waals surface area contributed by atoms with Gasteiger partial charge in [0.1, 0.15) is 5.82 Å². The van der Waals surface area contributed by atoms with Crippen LogP contribution in [0.15, 0.2) is 24.3 Å². The molecule has 0 aliphatic rings. The second kappa shape index (κ2) is 8.98. The van der Waals surface area contributed by atoms with Gasteiger partial charge in [-0.05, 0) is 25.5 Å². The zero-order valence-electron chi connectivity index (χ0n) is 13.1. The molecule has 5 nitrogen and oxygen atoms in total. The maximum atomic E-state index is 12.0. The number of hydrogen-bond donors (Lipinski definition) is 2. The number of rotatable bonds is 5. The fourth-order valence-electron chi connectivity index (χ4n) is 2.38. The van der Waals surface area contributed by atoms with Gasteiger partial charge in [-0.2, -0.15) is 0 Å². The Morgan fingerprint density at radius 2 is 2.00 bits per heavy atom. The molecule has 0 radical (unpaired) electrons. The molecule has 1 heterocycles. The van der Waals surface area contributed by atoms with Crippen LogP contribution in [0.25, 0.3) is 11.0 Å². The first-order valence-electron chi connectivity index (χ1n) is 7.02.